The molecule has 0 radical (unpaired) electrons. The van der Waals surface area contributed by atoms with Gasteiger partial charge in [-0.05, 0) is 30.5 Å². The van der Waals surface area contributed by atoms with Crippen molar-refractivity contribution in [1.29, 1.82) is 0 Å². The molecule has 3 unspecified atom stereocenters. The standard InChI is InChI=1S/C13H17Cl2NO/c1-2-12-10(5-6-17-12)13(16)9-4-3-8(14)7-11(9)15/h3-4,7,10,12-13H,2,5-6,16H2,1H3. The van der Waals surface area contributed by atoms with Gasteiger partial charge in [0.1, 0.15) is 0 Å². The van der Waals surface area contributed by atoms with Crippen LogP contribution in [0.15, 0.2) is 18.2 Å². The highest BCUT2D eigenvalue weighted by atomic mass is 35.5. The molecule has 1 fully saturated rings. The molecule has 0 aromatic heterocycles. The van der Waals surface area contributed by atoms with Gasteiger partial charge in [-0.15, -0.1) is 0 Å². The van der Waals surface area contributed by atoms with Crippen molar-refractivity contribution in [2.75, 3.05) is 6.61 Å². The minimum Gasteiger partial charge on any atom is -0.378 e. The Morgan fingerprint density at radius 3 is 2.88 bits per heavy atom. The summed E-state index contributed by atoms with van der Waals surface area (Å²) in [6, 6.07) is 5.42. The number of hydrogen-bond acceptors (Lipinski definition) is 2. The molecule has 0 saturated carbocycles. The van der Waals surface area contributed by atoms with Gasteiger partial charge in [0.15, 0.2) is 0 Å². The van der Waals surface area contributed by atoms with Gasteiger partial charge in [-0.1, -0.05) is 36.2 Å². The minimum atomic E-state index is -0.0767. The summed E-state index contributed by atoms with van der Waals surface area (Å²) in [6.45, 7) is 2.92. The zero-order chi connectivity index (χ0) is 12.4. The Morgan fingerprint density at radius 2 is 2.24 bits per heavy atom. The van der Waals surface area contributed by atoms with Crippen LogP contribution in [-0.4, -0.2) is 12.7 Å². The number of halogens is 2. The van der Waals surface area contributed by atoms with E-state index in [9.17, 15) is 0 Å². The predicted octanol–water partition coefficient (Wildman–Crippen LogP) is 3.81. The van der Waals surface area contributed by atoms with E-state index in [0.717, 1.165) is 25.0 Å². The summed E-state index contributed by atoms with van der Waals surface area (Å²) in [5, 5.41) is 1.28. The largest absolute Gasteiger partial charge is 0.378 e. The molecule has 1 aromatic carbocycles. The molecule has 0 aliphatic carbocycles. The molecule has 1 aromatic rings. The third-order valence-electron chi connectivity index (χ3n) is 3.45. The minimum absolute atomic E-state index is 0.0767. The van der Waals surface area contributed by atoms with Crippen molar-refractivity contribution in [2.45, 2.75) is 31.9 Å². The molecule has 2 N–H and O–H groups in total. The zero-order valence-corrected chi connectivity index (χ0v) is 11.3. The molecule has 0 amide bonds. The van der Waals surface area contributed by atoms with E-state index in [2.05, 4.69) is 6.92 Å². The summed E-state index contributed by atoms with van der Waals surface area (Å²) >= 11 is 12.1. The first-order valence-corrected chi connectivity index (χ1v) is 6.71. The third-order valence-corrected chi connectivity index (χ3v) is 4.01. The van der Waals surface area contributed by atoms with Gasteiger partial charge in [0.2, 0.25) is 0 Å². The fourth-order valence-electron chi connectivity index (χ4n) is 2.50. The van der Waals surface area contributed by atoms with Crippen LogP contribution in [0.25, 0.3) is 0 Å². The third kappa shape index (κ3) is 2.76. The highest BCUT2D eigenvalue weighted by Crippen LogP contribution is 2.36. The molecule has 0 bridgehead atoms. The van der Waals surface area contributed by atoms with E-state index < -0.39 is 0 Å². The molecule has 1 heterocycles. The van der Waals surface area contributed by atoms with E-state index in [1.165, 1.54) is 0 Å². The summed E-state index contributed by atoms with van der Waals surface area (Å²) in [5.74, 6) is 0.346. The molecule has 1 saturated heterocycles. The molecule has 4 heteroatoms. The maximum atomic E-state index is 6.31. The first-order chi connectivity index (χ1) is 8.13. The van der Waals surface area contributed by atoms with Gasteiger partial charge in [0.25, 0.3) is 0 Å². The number of hydrogen-bond donors (Lipinski definition) is 1. The van der Waals surface area contributed by atoms with E-state index in [4.69, 9.17) is 33.7 Å². The Balaban J connectivity index is 2.21. The van der Waals surface area contributed by atoms with E-state index in [-0.39, 0.29) is 12.1 Å². The van der Waals surface area contributed by atoms with E-state index in [1.54, 1.807) is 6.07 Å². The molecule has 17 heavy (non-hydrogen) atoms. The molecule has 0 spiro atoms. The molecule has 3 atom stereocenters. The average molecular weight is 274 g/mol. The number of nitrogens with two attached hydrogens (primary N) is 1. The van der Waals surface area contributed by atoms with Gasteiger partial charge < -0.3 is 10.5 Å². The van der Waals surface area contributed by atoms with Gasteiger partial charge >= 0.3 is 0 Å². The Kier molecular flexibility index (Phi) is 4.31. The molecule has 1 aliphatic heterocycles. The molecule has 2 rings (SSSR count). The fraction of sp³-hybridized carbons (Fsp3) is 0.538. The van der Waals surface area contributed by atoms with E-state index in [1.807, 2.05) is 12.1 Å². The number of benzene rings is 1. The van der Waals surface area contributed by atoms with Gasteiger partial charge in [0.05, 0.1) is 6.10 Å². The Hall–Kier alpha value is -0.280. The summed E-state index contributed by atoms with van der Waals surface area (Å²) < 4.78 is 5.67. The normalized spacial score (nSPS) is 26.1. The lowest BCUT2D eigenvalue weighted by Gasteiger charge is -2.24. The summed E-state index contributed by atoms with van der Waals surface area (Å²) in [5.41, 5.74) is 7.27. The molecule has 2 nitrogen and oxygen atoms in total. The van der Waals surface area contributed by atoms with Crippen molar-refractivity contribution in [1.82, 2.24) is 0 Å². The van der Waals surface area contributed by atoms with Crippen molar-refractivity contribution >= 4 is 23.2 Å². The zero-order valence-electron chi connectivity index (χ0n) is 9.83. The summed E-state index contributed by atoms with van der Waals surface area (Å²) in [7, 11) is 0. The Labute approximate surface area is 112 Å². The van der Waals surface area contributed by atoms with E-state index in [0.29, 0.717) is 16.0 Å². The van der Waals surface area contributed by atoms with Crippen LogP contribution in [0.1, 0.15) is 31.4 Å². The lowest BCUT2D eigenvalue weighted by atomic mass is 9.87. The molecular formula is C13H17Cl2NO. The lowest BCUT2D eigenvalue weighted by Crippen LogP contribution is -2.28. The van der Waals surface area contributed by atoms with Gasteiger partial charge in [-0.25, -0.2) is 0 Å². The highest BCUT2D eigenvalue weighted by Gasteiger charge is 2.33. The average Bonchev–Trinajstić information content (AvgIpc) is 2.76. The monoisotopic (exact) mass is 273 g/mol. The first-order valence-electron chi connectivity index (χ1n) is 5.95. The Morgan fingerprint density at radius 1 is 1.47 bits per heavy atom. The van der Waals surface area contributed by atoms with Crippen molar-refractivity contribution in [2.24, 2.45) is 11.7 Å². The van der Waals surface area contributed by atoms with Gasteiger partial charge in [-0.3, -0.25) is 0 Å². The number of ether oxygens (including phenoxy) is 1. The topological polar surface area (TPSA) is 35.2 Å². The second kappa shape index (κ2) is 5.57. The Bertz CT molecular complexity index is 397. The van der Waals surface area contributed by atoms with Crippen LogP contribution >= 0.6 is 23.2 Å². The molecule has 94 valence electrons. The second-order valence-corrected chi connectivity index (χ2v) is 5.31. The second-order valence-electron chi connectivity index (χ2n) is 4.46. The maximum Gasteiger partial charge on any atom is 0.0619 e. The van der Waals surface area contributed by atoms with Crippen molar-refractivity contribution in [3.8, 4) is 0 Å². The quantitative estimate of drug-likeness (QED) is 0.909. The van der Waals surface area contributed by atoms with E-state index >= 15 is 0 Å². The van der Waals surface area contributed by atoms with Crippen LogP contribution in [0.2, 0.25) is 10.0 Å². The number of rotatable bonds is 3. The van der Waals surface area contributed by atoms with Crippen LogP contribution in [-0.2, 0) is 4.74 Å². The summed E-state index contributed by atoms with van der Waals surface area (Å²) in [4.78, 5) is 0. The highest BCUT2D eigenvalue weighted by molar-refractivity contribution is 6.35. The van der Waals surface area contributed by atoms with Crippen LogP contribution < -0.4 is 5.73 Å². The SMILES string of the molecule is CCC1OCCC1C(N)c1ccc(Cl)cc1Cl. The summed E-state index contributed by atoms with van der Waals surface area (Å²) in [6.07, 6.45) is 2.24. The van der Waals surface area contributed by atoms with Gasteiger partial charge in [0, 0.05) is 28.6 Å². The maximum absolute atomic E-state index is 6.31. The van der Waals surface area contributed by atoms with Crippen LogP contribution in [0.3, 0.4) is 0 Å². The smallest absolute Gasteiger partial charge is 0.0619 e. The van der Waals surface area contributed by atoms with Gasteiger partial charge in [-0.2, -0.15) is 0 Å². The van der Waals surface area contributed by atoms with Crippen LogP contribution in [0, 0.1) is 5.92 Å². The van der Waals surface area contributed by atoms with Crippen molar-refractivity contribution in [3.05, 3.63) is 33.8 Å². The first kappa shape index (κ1) is 13.2. The lowest BCUT2D eigenvalue weighted by molar-refractivity contribution is 0.0813. The molecule has 1 aliphatic rings. The van der Waals surface area contributed by atoms with Crippen LogP contribution in [0.5, 0.6) is 0 Å². The van der Waals surface area contributed by atoms with Crippen molar-refractivity contribution in [3.63, 3.8) is 0 Å². The fourth-order valence-corrected chi connectivity index (χ4v) is 3.03. The van der Waals surface area contributed by atoms with Crippen LogP contribution in [0.4, 0.5) is 0 Å². The predicted molar refractivity (Wildman–Crippen MR) is 71.5 cm³/mol. The van der Waals surface area contributed by atoms with Crippen molar-refractivity contribution < 1.29 is 4.74 Å². The molecular weight excluding hydrogens is 257 g/mol.